The molecule has 0 N–H and O–H groups in total. The Morgan fingerprint density at radius 3 is 2.53 bits per heavy atom. The van der Waals surface area contributed by atoms with Crippen molar-refractivity contribution in [3.8, 4) is 5.88 Å². The van der Waals surface area contributed by atoms with E-state index in [-0.39, 0.29) is 6.61 Å². The molecule has 0 radical (unpaired) electrons. The first kappa shape index (κ1) is 14.1. The van der Waals surface area contributed by atoms with Crippen molar-refractivity contribution in [2.45, 2.75) is 12.8 Å². The van der Waals surface area contributed by atoms with Crippen LogP contribution in [0.5, 0.6) is 5.88 Å². The number of ether oxygens (including phenoxy) is 1. The second-order valence-electron chi connectivity index (χ2n) is 3.73. The number of benzene rings is 1. The summed E-state index contributed by atoms with van der Waals surface area (Å²) in [6.07, 6.45) is -3.19. The Morgan fingerprint density at radius 2 is 1.84 bits per heavy atom. The number of aromatic nitrogens is 1. The van der Waals surface area contributed by atoms with Crippen LogP contribution in [0.2, 0.25) is 0 Å². The average molecular weight is 379 g/mol. The fourth-order valence-corrected chi connectivity index (χ4v) is 2.03. The molecule has 0 bridgehead atoms. The third kappa shape index (κ3) is 3.59. The second-order valence-corrected chi connectivity index (χ2v) is 4.90. The van der Waals surface area contributed by atoms with Gasteiger partial charge in [0.2, 0.25) is 5.88 Å². The van der Waals surface area contributed by atoms with Crippen molar-refractivity contribution in [2.24, 2.45) is 0 Å². The summed E-state index contributed by atoms with van der Waals surface area (Å²) < 4.78 is 44.3. The summed E-state index contributed by atoms with van der Waals surface area (Å²) >= 11 is 2.11. The average Bonchev–Trinajstić information content (AvgIpc) is 2.37. The number of alkyl halides is 3. The van der Waals surface area contributed by atoms with Crippen LogP contribution in [0.25, 0.3) is 0 Å². The van der Waals surface area contributed by atoms with E-state index >= 15 is 0 Å². The van der Waals surface area contributed by atoms with Crippen LogP contribution in [0.3, 0.4) is 0 Å². The number of pyridine rings is 1. The number of rotatable bonds is 3. The quantitative estimate of drug-likeness (QED) is 0.743. The molecule has 6 heteroatoms. The van der Waals surface area contributed by atoms with Crippen LogP contribution >= 0.6 is 22.6 Å². The molecule has 0 saturated heterocycles. The third-order valence-corrected chi connectivity index (χ3v) is 3.45. The summed E-state index contributed by atoms with van der Waals surface area (Å²) in [4.78, 5) is 3.65. The highest BCUT2D eigenvalue weighted by Crippen LogP contribution is 2.34. The molecule has 0 aliphatic rings. The Balaban J connectivity index is 2.19. The van der Waals surface area contributed by atoms with E-state index in [2.05, 4.69) is 27.6 Å². The van der Waals surface area contributed by atoms with Gasteiger partial charge in [0, 0.05) is 15.3 Å². The van der Waals surface area contributed by atoms with Crippen LogP contribution in [-0.2, 0) is 12.8 Å². The van der Waals surface area contributed by atoms with Gasteiger partial charge in [-0.2, -0.15) is 13.2 Å². The maximum atomic E-state index is 12.7. The van der Waals surface area contributed by atoms with Gasteiger partial charge in [-0.05, 0) is 40.8 Å². The monoisotopic (exact) mass is 379 g/mol. The second kappa shape index (κ2) is 5.77. The minimum absolute atomic E-state index is 0.0548. The highest BCUT2D eigenvalue weighted by molar-refractivity contribution is 14.1. The molecule has 1 aromatic heterocycles. The van der Waals surface area contributed by atoms with E-state index in [1.807, 2.05) is 18.2 Å². The van der Waals surface area contributed by atoms with Gasteiger partial charge in [0.25, 0.3) is 0 Å². The molecule has 0 aliphatic heterocycles. The van der Waals surface area contributed by atoms with Crippen LogP contribution in [0.1, 0.15) is 11.1 Å². The maximum Gasteiger partial charge on any atom is 0.421 e. The van der Waals surface area contributed by atoms with Crippen LogP contribution in [0, 0.1) is 3.57 Å². The molecule has 2 nitrogen and oxygen atoms in total. The predicted octanol–water partition coefficient (Wildman–Crippen LogP) is 4.28. The lowest BCUT2D eigenvalue weighted by Crippen LogP contribution is -2.10. The molecule has 100 valence electrons. The lowest BCUT2D eigenvalue weighted by Gasteiger charge is -2.12. The van der Waals surface area contributed by atoms with E-state index in [1.165, 1.54) is 12.3 Å². The van der Waals surface area contributed by atoms with E-state index in [1.54, 1.807) is 6.07 Å². The summed E-state index contributed by atoms with van der Waals surface area (Å²) in [6, 6.07) is 9.53. The zero-order valence-electron chi connectivity index (χ0n) is 9.62. The van der Waals surface area contributed by atoms with Crippen molar-refractivity contribution in [3.05, 3.63) is 57.3 Å². The van der Waals surface area contributed by atoms with Gasteiger partial charge in [-0.3, -0.25) is 0 Å². The van der Waals surface area contributed by atoms with Crippen LogP contribution in [0.4, 0.5) is 13.2 Å². The van der Waals surface area contributed by atoms with E-state index < -0.39 is 17.6 Å². The van der Waals surface area contributed by atoms with Gasteiger partial charge in [-0.1, -0.05) is 18.2 Å². The van der Waals surface area contributed by atoms with Crippen molar-refractivity contribution < 1.29 is 17.9 Å². The van der Waals surface area contributed by atoms with Gasteiger partial charge in [-0.15, -0.1) is 0 Å². The molecule has 0 atom stereocenters. The Labute approximate surface area is 121 Å². The van der Waals surface area contributed by atoms with Crippen molar-refractivity contribution in [2.75, 3.05) is 0 Å². The zero-order chi connectivity index (χ0) is 13.9. The molecule has 0 saturated carbocycles. The molecule has 0 aliphatic carbocycles. The molecular formula is C13H9F3INO. The van der Waals surface area contributed by atoms with E-state index in [9.17, 15) is 13.2 Å². The fraction of sp³-hybridized carbons (Fsp3) is 0.154. The van der Waals surface area contributed by atoms with Crippen molar-refractivity contribution >= 4 is 22.6 Å². The van der Waals surface area contributed by atoms with Gasteiger partial charge >= 0.3 is 6.18 Å². The molecular weight excluding hydrogens is 370 g/mol. The molecule has 1 aromatic carbocycles. The van der Waals surface area contributed by atoms with Crippen molar-refractivity contribution in [1.82, 2.24) is 4.98 Å². The molecule has 0 amide bonds. The fourth-order valence-electron chi connectivity index (χ4n) is 1.48. The Kier molecular flexibility index (Phi) is 4.28. The zero-order valence-corrected chi connectivity index (χ0v) is 11.8. The molecule has 0 unspecified atom stereocenters. The van der Waals surface area contributed by atoms with Gasteiger partial charge in [0.1, 0.15) is 12.2 Å². The number of hydrogen-bond acceptors (Lipinski definition) is 2. The first-order chi connectivity index (χ1) is 8.98. The summed E-state index contributed by atoms with van der Waals surface area (Å²) in [5.41, 5.74) is -0.0391. The minimum Gasteiger partial charge on any atom is -0.472 e. The van der Waals surface area contributed by atoms with Gasteiger partial charge in [0.15, 0.2) is 0 Å². The van der Waals surface area contributed by atoms with Crippen molar-refractivity contribution in [3.63, 3.8) is 0 Å². The predicted molar refractivity (Wildman–Crippen MR) is 72.7 cm³/mol. The molecule has 2 aromatic rings. The topological polar surface area (TPSA) is 22.1 Å². The largest absolute Gasteiger partial charge is 0.472 e. The third-order valence-electron chi connectivity index (χ3n) is 2.40. The molecule has 0 spiro atoms. The summed E-state index contributed by atoms with van der Waals surface area (Å²) in [7, 11) is 0. The lowest BCUT2D eigenvalue weighted by atomic mass is 10.2. The van der Waals surface area contributed by atoms with Crippen LogP contribution in [-0.4, -0.2) is 4.98 Å². The first-order valence-electron chi connectivity index (χ1n) is 5.37. The number of nitrogens with zero attached hydrogens (tertiary/aromatic N) is 1. The van der Waals surface area contributed by atoms with Gasteiger partial charge < -0.3 is 4.74 Å². The lowest BCUT2D eigenvalue weighted by molar-refractivity contribution is -0.139. The Hall–Kier alpha value is -1.31. The summed E-state index contributed by atoms with van der Waals surface area (Å²) in [5.74, 6) is -0.394. The van der Waals surface area contributed by atoms with E-state index in [0.717, 1.165) is 15.2 Å². The highest BCUT2D eigenvalue weighted by Gasteiger charge is 2.35. The Bertz CT molecular complexity index is 572. The summed E-state index contributed by atoms with van der Waals surface area (Å²) in [5, 5.41) is 0. The Morgan fingerprint density at radius 1 is 1.11 bits per heavy atom. The minimum atomic E-state index is -4.46. The van der Waals surface area contributed by atoms with Crippen LogP contribution < -0.4 is 4.74 Å². The molecule has 0 fully saturated rings. The molecule has 1 heterocycles. The first-order valence-corrected chi connectivity index (χ1v) is 6.45. The van der Waals surface area contributed by atoms with Crippen LogP contribution in [0.15, 0.2) is 42.6 Å². The molecule has 19 heavy (non-hydrogen) atoms. The number of halogens is 4. The van der Waals surface area contributed by atoms with E-state index in [4.69, 9.17) is 4.74 Å². The highest BCUT2D eigenvalue weighted by atomic mass is 127. The standard InChI is InChI=1S/C13H9F3INO/c14-13(15,16)10-5-3-7-18-12(10)19-8-9-4-1-2-6-11(9)17/h1-7H,8H2. The van der Waals surface area contributed by atoms with E-state index in [0.29, 0.717) is 0 Å². The molecule has 2 rings (SSSR count). The summed E-state index contributed by atoms with van der Waals surface area (Å²) in [6.45, 7) is 0.0548. The van der Waals surface area contributed by atoms with Gasteiger partial charge in [-0.25, -0.2) is 4.98 Å². The normalized spacial score (nSPS) is 11.4. The SMILES string of the molecule is FC(F)(F)c1cccnc1OCc1ccccc1I. The smallest absolute Gasteiger partial charge is 0.421 e. The maximum absolute atomic E-state index is 12.7. The van der Waals surface area contributed by atoms with Gasteiger partial charge in [0.05, 0.1) is 0 Å². The van der Waals surface area contributed by atoms with Crippen molar-refractivity contribution in [1.29, 1.82) is 0 Å². The number of hydrogen-bond donors (Lipinski definition) is 0.